The molecule has 2 amide bonds. The largest absolute Gasteiger partial charge is 0.493 e. The van der Waals surface area contributed by atoms with Crippen LogP contribution in [0.25, 0.3) is 0 Å². The second-order valence-electron chi connectivity index (χ2n) is 8.30. The van der Waals surface area contributed by atoms with Gasteiger partial charge in [0, 0.05) is 11.7 Å². The Bertz CT molecular complexity index is 1150. The van der Waals surface area contributed by atoms with Crippen LogP contribution in [0.3, 0.4) is 0 Å². The van der Waals surface area contributed by atoms with E-state index in [1.165, 1.54) is 49.6 Å². The van der Waals surface area contributed by atoms with Crippen LogP contribution in [0.5, 0.6) is 11.5 Å². The van der Waals surface area contributed by atoms with Gasteiger partial charge in [-0.2, -0.15) is 8.75 Å². The minimum absolute atomic E-state index is 0.0185. The van der Waals surface area contributed by atoms with E-state index >= 15 is 0 Å². The van der Waals surface area contributed by atoms with E-state index in [4.69, 9.17) is 9.47 Å². The second kappa shape index (κ2) is 11.3. The summed E-state index contributed by atoms with van der Waals surface area (Å²) in [5.41, 5.74) is 0.954. The molecule has 4 rings (SSSR count). The zero-order valence-corrected chi connectivity index (χ0v) is 20.4. The quantitative estimate of drug-likeness (QED) is 0.490. The van der Waals surface area contributed by atoms with Crippen LogP contribution in [0.2, 0.25) is 0 Å². The van der Waals surface area contributed by atoms with Crippen LogP contribution < -0.4 is 19.7 Å². The highest BCUT2D eigenvalue weighted by Crippen LogP contribution is 2.35. The van der Waals surface area contributed by atoms with Crippen LogP contribution in [0.4, 0.5) is 10.1 Å². The van der Waals surface area contributed by atoms with E-state index in [9.17, 15) is 14.0 Å². The number of amides is 2. The molecule has 0 radical (unpaired) electrons. The van der Waals surface area contributed by atoms with Crippen molar-refractivity contribution < 1.29 is 23.5 Å². The summed E-state index contributed by atoms with van der Waals surface area (Å²) in [5.74, 6) is -0.409. The standard InChI is InChI=1S/C25H27FN4O4S/c1-33-21-13-8-16(14-22(21)34-2)23(24(31)28-18-6-4-3-5-7-18)30(19-11-9-17(26)10-12-19)25(32)20-15-27-35-29-20/h8-15,18,23H,3-7H2,1-2H3,(H,28,31)/t23-/m1/s1. The van der Waals surface area contributed by atoms with Gasteiger partial charge >= 0.3 is 0 Å². The van der Waals surface area contributed by atoms with E-state index < -0.39 is 17.8 Å². The molecule has 1 fully saturated rings. The fraction of sp³-hybridized carbons (Fsp3) is 0.360. The molecule has 2 aromatic carbocycles. The maximum atomic E-state index is 13.8. The number of aromatic nitrogens is 2. The Labute approximate surface area is 207 Å². The van der Waals surface area contributed by atoms with E-state index in [1.54, 1.807) is 18.2 Å². The zero-order chi connectivity index (χ0) is 24.8. The summed E-state index contributed by atoms with van der Waals surface area (Å²) in [7, 11) is 3.02. The number of ether oxygens (including phenoxy) is 2. The molecular formula is C25H27FN4O4S. The van der Waals surface area contributed by atoms with Crippen LogP contribution in [-0.2, 0) is 4.79 Å². The molecule has 0 bridgehead atoms. The van der Waals surface area contributed by atoms with Crippen LogP contribution in [-0.4, -0.2) is 40.8 Å². The third-order valence-electron chi connectivity index (χ3n) is 6.09. The summed E-state index contributed by atoms with van der Waals surface area (Å²) in [6.45, 7) is 0. The molecule has 35 heavy (non-hydrogen) atoms. The van der Waals surface area contributed by atoms with Crippen molar-refractivity contribution in [2.24, 2.45) is 0 Å². The number of nitrogens with zero attached hydrogens (tertiary/aromatic N) is 3. The molecule has 1 heterocycles. The van der Waals surface area contributed by atoms with Gasteiger partial charge in [-0.3, -0.25) is 14.5 Å². The number of hydrogen-bond acceptors (Lipinski definition) is 7. The number of carbonyl (C=O) groups excluding carboxylic acids is 2. The molecule has 3 aromatic rings. The van der Waals surface area contributed by atoms with Crippen LogP contribution >= 0.6 is 11.7 Å². The lowest BCUT2D eigenvalue weighted by atomic mass is 9.94. The minimum atomic E-state index is -1.07. The third-order valence-corrected chi connectivity index (χ3v) is 6.56. The van der Waals surface area contributed by atoms with Gasteiger partial charge in [0.25, 0.3) is 5.91 Å². The summed E-state index contributed by atoms with van der Waals surface area (Å²) >= 11 is 0.894. The van der Waals surface area contributed by atoms with Crippen LogP contribution in [0.1, 0.15) is 54.2 Å². The maximum Gasteiger partial charge on any atom is 0.280 e. The van der Waals surface area contributed by atoms with Gasteiger partial charge in [-0.1, -0.05) is 25.3 Å². The molecule has 0 unspecified atom stereocenters. The summed E-state index contributed by atoms with van der Waals surface area (Å²) in [6, 6.07) is 9.46. The Balaban J connectivity index is 1.82. The Hall–Kier alpha value is -3.53. The lowest BCUT2D eigenvalue weighted by Gasteiger charge is -2.33. The SMILES string of the molecule is COc1ccc([C@H](C(=O)NC2CCCCC2)N(C(=O)c2cnsn2)c2ccc(F)cc2)cc1OC. The topological polar surface area (TPSA) is 93.7 Å². The number of hydrogen-bond donors (Lipinski definition) is 1. The van der Waals surface area contributed by atoms with Gasteiger partial charge in [-0.25, -0.2) is 4.39 Å². The molecule has 1 aliphatic rings. The van der Waals surface area contributed by atoms with Crippen molar-refractivity contribution in [1.29, 1.82) is 0 Å². The van der Waals surface area contributed by atoms with Gasteiger partial charge in [0.05, 0.1) is 32.1 Å². The van der Waals surface area contributed by atoms with Crippen molar-refractivity contribution in [2.45, 2.75) is 44.2 Å². The highest BCUT2D eigenvalue weighted by Gasteiger charge is 2.36. The predicted octanol–water partition coefficient (Wildman–Crippen LogP) is 4.53. The molecule has 0 aliphatic heterocycles. The Morgan fingerprint density at radius 2 is 1.77 bits per heavy atom. The number of halogens is 1. The third kappa shape index (κ3) is 5.59. The molecule has 1 N–H and O–H groups in total. The van der Waals surface area contributed by atoms with Crippen molar-refractivity contribution in [2.75, 3.05) is 19.1 Å². The molecular weight excluding hydrogens is 471 g/mol. The molecule has 8 nitrogen and oxygen atoms in total. The molecule has 1 atom stereocenters. The molecule has 1 aliphatic carbocycles. The number of methoxy groups -OCH3 is 2. The van der Waals surface area contributed by atoms with Gasteiger partial charge in [-0.05, 0) is 54.8 Å². The summed E-state index contributed by atoms with van der Waals surface area (Å²) < 4.78 is 32.6. The van der Waals surface area contributed by atoms with Gasteiger partial charge in [0.2, 0.25) is 5.91 Å². The van der Waals surface area contributed by atoms with Crippen molar-refractivity contribution in [3.05, 3.63) is 65.7 Å². The summed E-state index contributed by atoms with van der Waals surface area (Å²) in [4.78, 5) is 28.8. The van der Waals surface area contributed by atoms with Gasteiger partial charge in [-0.15, -0.1) is 0 Å². The van der Waals surface area contributed by atoms with Crippen LogP contribution in [0.15, 0.2) is 48.7 Å². The van der Waals surface area contributed by atoms with E-state index in [-0.39, 0.29) is 17.6 Å². The average molecular weight is 499 g/mol. The monoisotopic (exact) mass is 498 g/mol. The zero-order valence-electron chi connectivity index (χ0n) is 19.6. The highest BCUT2D eigenvalue weighted by molar-refractivity contribution is 6.99. The fourth-order valence-electron chi connectivity index (χ4n) is 4.34. The van der Waals surface area contributed by atoms with Crippen molar-refractivity contribution >= 4 is 29.2 Å². The van der Waals surface area contributed by atoms with Crippen LogP contribution in [0, 0.1) is 5.82 Å². The first-order valence-corrected chi connectivity index (χ1v) is 12.1. The molecule has 0 saturated heterocycles. The lowest BCUT2D eigenvalue weighted by Crippen LogP contribution is -2.47. The first-order valence-electron chi connectivity index (χ1n) is 11.4. The lowest BCUT2D eigenvalue weighted by molar-refractivity contribution is -0.123. The predicted molar refractivity (Wildman–Crippen MR) is 130 cm³/mol. The number of rotatable bonds is 8. The summed E-state index contributed by atoms with van der Waals surface area (Å²) in [5, 5.41) is 3.13. The van der Waals surface area contributed by atoms with E-state index in [2.05, 4.69) is 14.1 Å². The van der Waals surface area contributed by atoms with Gasteiger partial charge in [0.1, 0.15) is 11.9 Å². The van der Waals surface area contributed by atoms with Crippen molar-refractivity contribution in [1.82, 2.24) is 14.1 Å². The van der Waals surface area contributed by atoms with Crippen molar-refractivity contribution in [3.8, 4) is 11.5 Å². The van der Waals surface area contributed by atoms with Gasteiger partial charge < -0.3 is 14.8 Å². The summed E-state index contributed by atoms with van der Waals surface area (Å²) in [6.07, 6.45) is 6.33. The number of benzene rings is 2. The fourth-order valence-corrected chi connectivity index (χ4v) is 4.74. The first-order chi connectivity index (χ1) is 17.0. The molecule has 184 valence electrons. The smallest absolute Gasteiger partial charge is 0.280 e. The average Bonchev–Trinajstić information content (AvgIpc) is 3.43. The van der Waals surface area contributed by atoms with Gasteiger partial charge in [0.15, 0.2) is 17.2 Å². The normalized spacial score (nSPS) is 14.7. The van der Waals surface area contributed by atoms with E-state index in [0.717, 1.165) is 43.8 Å². The molecule has 10 heteroatoms. The molecule has 1 saturated carbocycles. The molecule has 0 spiro atoms. The maximum absolute atomic E-state index is 13.8. The Morgan fingerprint density at radius 1 is 1.06 bits per heavy atom. The Morgan fingerprint density at radius 3 is 2.40 bits per heavy atom. The first kappa shape index (κ1) is 24.6. The number of nitrogens with one attached hydrogen (secondary N) is 1. The Kier molecular flexibility index (Phi) is 7.91. The minimum Gasteiger partial charge on any atom is -0.493 e. The number of anilines is 1. The van der Waals surface area contributed by atoms with E-state index in [0.29, 0.717) is 22.7 Å². The van der Waals surface area contributed by atoms with Crippen molar-refractivity contribution in [3.63, 3.8) is 0 Å². The molecule has 1 aromatic heterocycles. The number of carbonyl (C=O) groups is 2. The second-order valence-corrected chi connectivity index (χ2v) is 8.86. The van der Waals surface area contributed by atoms with E-state index in [1.807, 2.05) is 0 Å². The highest BCUT2D eigenvalue weighted by atomic mass is 32.1.